The van der Waals surface area contributed by atoms with Crippen molar-refractivity contribution in [3.8, 4) is 28.0 Å². The highest BCUT2D eigenvalue weighted by molar-refractivity contribution is 5.97. The molecule has 2 aromatic carbocycles. The lowest BCUT2D eigenvalue weighted by Gasteiger charge is -2.09. The van der Waals surface area contributed by atoms with Crippen LogP contribution < -0.4 is 4.74 Å². The summed E-state index contributed by atoms with van der Waals surface area (Å²) in [6, 6.07) is 15.2. The van der Waals surface area contributed by atoms with Crippen LogP contribution in [-0.4, -0.2) is 16.6 Å². The molecule has 5 rings (SSSR count). The molecule has 3 nitrogen and oxygen atoms in total. The molecule has 0 unspecified atom stereocenters. The summed E-state index contributed by atoms with van der Waals surface area (Å²) in [5, 5.41) is 1.12. The van der Waals surface area contributed by atoms with Gasteiger partial charge in [-0.2, -0.15) is 0 Å². The Hall–Kier alpha value is -3.33. The summed E-state index contributed by atoms with van der Waals surface area (Å²) in [4.78, 5) is 7.99. The minimum absolute atomic E-state index is 0.760. The minimum Gasteiger partial charge on any atom is -0.492 e. The number of allylic oxidation sites excluding steroid dienone is 1. The van der Waals surface area contributed by atoms with Gasteiger partial charge in [0.25, 0.3) is 0 Å². The summed E-state index contributed by atoms with van der Waals surface area (Å²) < 4.78 is 5.93. The predicted molar refractivity (Wildman–Crippen MR) is 116 cm³/mol. The third-order valence-electron chi connectivity index (χ3n) is 5.48. The molecule has 4 aromatic rings. The highest BCUT2D eigenvalue weighted by atomic mass is 16.5. The van der Waals surface area contributed by atoms with Gasteiger partial charge in [-0.15, -0.1) is 0 Å². The lowest BCUT2D eigenvalue weighted by molar-refractivity contribution is 0.358. The number of benzene rings is 2. The van der Waals surface area contributed by atoms with Crippen LogP contribution in [0.2, 0.25) is 0 Å². The fraction of sp³-hybridized carbons (Fsp3) is 0.160. The molecule has 138 valence electrons. The molecule has 0 radical (unpaired) electrons. The molecule has 0 bridgehead atoms. The molecule has 0 saturated heterocycles. The fourth-order valence-corrected chi connectivity index (χ4v) is 4.03. The number of aryl methyl sites for hydroxylation is 1. The monoisotopic (exact) mass is 366 g/mol. The number of para-hydroxylation sites is 1. The molecule has 0 amide bonds. The number of nitrogens with zero attached hydrogens (tertiary/aromatic N) is 1. The predicted octanol–water partition coefficient (Wildman–Crippen LogP) is 6.17. The van der Waals surface area contributed by atoms with Crippen LogP contribution in [0.25, 0.3) is 39.4 Å². The van der Waals surface area contributed by atoms with E-state index in [4.69, 9.17) is 4.74 Å². The first-order chi connectivity index (χ1) is 13.7. The molecule has 3 heteroatoms. The number of rotatable bonds is 3. The van der Waals surface area contributed by atoms with Crippen LogP contribution in [-0.2, 0) is 6.42 Å². The van der Waals surface area contributed by atoms with Crippen LogP contribution in [0.5, 0.6) is 5.75 Å². The van der Waals surface area contributed by atoms with Crippen molar-refractivity contribution in [3.63, 3.8) is 0 Å². The summed E-state index contributed by atoms with van der Waals surface area (Å²) in [6.07, 6.45) is 9.17. The fourth-order valence-electron chi connectivity index (χ4n) is 4.03. The van der Waals surface area contributed by atoms with E-state index in [1.165, 1.54) is 22.3 Å². The van der Waals surface area contributed by atoms with Crippen LogP contribution in [0.4, 0.5) is 0 Å². The number of H-pyrrole nitrogens is 1. The summed E-state index contributed by atoms with van der Waals surface area (Å²) in [5.74, 6) is 1.01. The number of hydrogen-bond donors (Lipinski definition) is 1. The van der Waals surface area contributed by atoms with E-state index >= 15 is 0 Å². The Balaban J connectivity index is 1.64. The first-order valence-electron chi connectivity index (χ1n) is 9.70. The molecule has 28 heavy (non-hydrogen) atoms. The number of hydrogen-bond acceptors (Lipinski definition) is 2. The highest BCUT2D eigenvalue weighted by Crippen LogP contribution is 2.40. The number of fused-ring (bicyclic) bond motifs is 2. The minimum atomic E-state index is 0.760. The summed E-state index contributed by atoms with van der Waals surface area (Å²) in [7, 11) is 0. The van der Waals surface area contributed by atoms with Crippen molar-refractivity contribution in [1.29, 1.82) is 0 Å². The topological polar surface area (TPSA) is 37.9 Å². The molecule has 0 fully saturated rings. The number of aromatic nitrogens is 2. The SMILES string of the molecule is C/C=C\c1ccc(-c2cnc3[nH]cc(-c4cccc5c4OCC5)c3c2)cc1C. The average molecular weight is 366 g/mol. The van der Waals surface area contributed by atoms with Gasteiger partial charge in [0, 0.05) is 40.9 Å². The molecule has 3 heterocycles. The average Bonchev–Trinajstić information content (AvgIpc) is 3.35. The molecule has 1 aliphatic rings. The molecular weight excluding hydrogens is 344 g/mol. The maximum Gasteiger partial charge on any atom is 0.137 e. The van der Waals surface area contributed by atoms with E-state index in [9.17, 15) is 0 Å². The zero-order chi connectivity index (χ0) is 19.1. The van der Waals surface area contributed by atoms with Crippen molar-refractivity contribution >= 4 is 17.1 Å². The molecule has 0 saturated carbocycles. The van der Waals surface area contributed by atoms with Gasteiger partial charge in [0.05, 0.1) is 6.61 Å². The lowest BCUT2D eigenvalue weighted by Crippen LogP contribution is -1.89. The van der Waals surface area contributed by atoms with E-state index in [-0.39, 0.29) is 0 Å². The Morgan fingerprint density at radius 2 is 2.00 bits per heavy atom. The van der Waals surface area contributed by atoms with E-state index < -0.39 is 0 Å². The van der Waals surface area contributed by atoms with E-state index in [2.05, 4.69) is 71.5 Å². The maximum atomic E-state index is 5.93. The Kier molecular flexibility index (Phi) is 4.01. The van der Waals surface area contributed by atoms with E-state index in [1.807, 2.05) is 19.3 Å². The van der Waals surface area contributed by atoms with Gasteiger partial charge >= 0.3 is 0 Å². The van der Waals surface area contributed by atoms with Gasteiger partial charge in [0.1, 0.15) is 11.4 Å². The van der Waals surface area contributed by atoms with Crippen LogP contribution in [0.1, 0.15) is 23.6 Å². The van der Waals surface area contributed by atoms with Crippen molar-refractivity contribution in [3.05, 3.63) is 77.6 Å². The largest absolute Gasteiger partial charge is 0.492 e. The Morgan fingerprint density at radius 1 is 1.07 bits per heavy atom. The molecule has 1 aliphatic heterocycles. The third-order valence-corrected chi connectivity index (χ3v) is 5.48. The summed E-state index contributed by atoms with van der Waals surface area (Å²) >= 11 is 0. The maximum absolute atomic E-state index is 5.93. The van der Waals surface area contributed by atoms with Crippen molar-refractivity contribution in [2.45, 2.75) is 20.3 Å². The molecule has 0 spiro atoms. The Labute approximate surface area is 164 Å². The highest BCUT2D eigenvalue weighted by Gasteiger charge is 2.19. The molecule has 2 aromatic heterocycles. The lowest BCUT2D eigenvalue weighted by atomic mass is 9.98. The summed E-state index contributed by atoms with van der Waals surface area (Å²) in [6.45, 7) is 4.95. The van der Waals surface area contributed by atoms with Crippen molar-refractivity contribution in [2.24, 2.45) is 0 Å². The second-order valence-electron chi connectivity index (χ2n) is 7.29. The second-order valence-corrected chi connectivity index (χ2v) is 7.29. The first-order valence-corrected chi connectivity index (χ1v) is 9.70. The van der Waals surface area contributed by atoms with Gasteiger partial charge in [0.2, 0.25) is 0 Å². The quantitative estimate of drug-likeness (QED) is 0.470. The zero-order valence-corrected chi connectivity index (χ0v) is 16.1. The third kappa shape index (κ3) is 2.71. The van der Waals surface area contributed by atoms with Gasteiger partial charge in [-0.3, -0.25) is 0 Å². The summed E-state index contributed by atoms with van der Waals surface area (Å²) in [5.41, 5.74) is 9.28. The van der Waals surface area contributed by atoms with Gasteiger partial charge in [-0.25, -0.2) is 4.98 Å². The molecule has 0 atom stereocenters. The number of ether oxygens (including phenoxy) is 1. The normalized spacial score (nSPS) is 13.2. The number of nitrogens with one attached hydrogen (secondary N) is 1. The zero-order valence-electron chi connectivity index (χ0n) is 16.1. The molecule has 0 aliphatic carbocycles. The smallest absolute Gasteiger partial charge is 0.137 e. The van der Waals surface area contributed by atoms with E-state index in [1.54, 1.807) is 0 Å². The van der Waals surface area contributed by atoms with E-state index in [0.29, 0.717) is 0 Å². The second kappa shape index (κ2) is 6.68. The molecule has 1 N–H and O–H groups in total. The number of pyridine rings is 1. The van der Waals surface area contributed by atoms with Gasteiger partial charge < -0.3 is 9.72 Å². The number of aromatic amines is 1. The van der Waals surface area contributed by atoms with Crippen molar-refractivity contribution < 1.29 is 4.74 Å². The Bertz CT molecular complexity index is 1220. The van der Waals surface area contributed by atoms with Crippen molar-refractivity contribution in [2.75, 3.05) is 6.61 Å². The van der Waals surface area contributed by atoms with Gasteiger partial charge in [-0.1, -0.05) is 48.6 Å². The standard InChI is InChI=1S/C25H22N2O/c1-3-5-17-8-9-19(12-16(17)2)20-13-22-23(15-27-25(22)26-14-20)21-7-4-6-18-10-11-28-24(18)21/h3-9,12-15H,10-11H2,1-2H3,(H,26,27)/b5-3-. The first kappa shape index (κ1) is 16.8. The Morgan fingerprint density at radius 3 is 2.86 bits per heavy atom. The van der Waals surface area contributed by atoms with Crippen molar-refractivity contribution in [1.82, 2.24) is 9.97 Å². The van der Waals surface area contributed by atoms with Gasteiger partial charge in [0.15, 0.2) is 0 Å². The van der Waals surface area contributed by atoms with Crippen LogP contribution in [0.3, 0.4) is 0 Å². The van der Waals surface area contributed by atoms with Crippen LogP contribution in [0, 0.1) is 6.92 Å². The van der Waals surface area contributed by atoms with E-state index in [0.717, 1.165) is 46.5 Å². The van der Waals surface area contributed by atoms with Gasteiger partial charge in [-0.05, 0) is 42.2 Å². The molecular formula is C25H22N2O. The van der Waals surface area contributed by atoms with Crippen LogP contribution >= 0.6 is 0 Å². The van der Waals surface area contributed by atoms with Crippen LogP contribution in [0.15, 0.2) is 60.9 Å².